The van der Waals surface area contributed by atoms with E-state index >= 15 is 0 Å². The molecule has 1 unspecified atom stereocenters. The van der Waals surface area contributed by atoms with Gasteiger partial charge in [-0.1, -0.05) is 0 Å². The second kappa shape index (κ2) is 2.22. The summed E-state index contributed by atoms with van der Waals surface area (Å²) in [5, 5.41) is 0. The SMILES string of the molecule is O=S(=O)(O)C1O[CH]CO1. The molecule has 1 radical (unpaired) electrons. The molecule has 1 rings (SSSR count). The van der Waals surface area contributed by atoms with Crippen molar-refractivity contribution in [2.24, 2.45) is 0 Å². The maximum atomic E-state index is 10.1. The van der Waals surface area contributed by atoms with E-state index < -0.39 is 15.7 Å². The summed E-state index contributed by atoms with van der Waals surface area (Å²) in [7, 11) is -4.18. The van der Waals surface area contributed by atoms with E-state index in [1.54, 1.807) is 0 Å². The van der Waals surface area contributed by atoms with Crippen LogP contribution in [-0.2, 0) is 19.6 Å². The molecule has 0 spiro atoms. The van der Waals surface area contributed by atoms with Gasteiger partial charge in [-0.15, -0.1) is 0 Å². The third-order valence-electron chi connectivity index (χ3n) is 0.751. The van der Waals surface area contributed by atoms with Crippen LogP contribution in [0.5, 0.6) is 0 Å². The minimum Gasteiger partial charge on any atom is -0.335 e. The van der Waals surface area contributed by atoms with Crippen LogP contribution < -0.4 is 0 Å². The highest BCUT2D eigenvalue weighted by Gasteiger charge is 2.28. The lowest BCUT2D eigenvalue weighted by Gasteiger charge is -2.01. The van der Waals surface area contributed by atoms with E-state index in [1.165, 1.54) is 6.61 Å². The minimum atomic E-state index is -4.18. The lowest BCUT2D eigenvalue weighted by Crippen LogP contribution is -2.19. The summed E-state index contributed by atoms with van der Waals surface area (Å²) in [6, 6.07) is 0. The molecule has 53 valence electrons. The van der Waals surface area contributed by atoms with Gasteiger partial charge in [-0.3, -0.25) is 4.55 Å². The van der Waals surface area contributed by atoms with Gasteiger partial charge < -0.3 is 9.47 Å². The Morgan fingerprint density at radius 3 is 2.56 bits per heavy atom. The van der Waals surface area contributed by atoms with Crippen molar-refractivity contribution >= 4 is 10.1 Å². The third-order valence-corrected chi connectivity index (χ3v) is 1.48. The van der Waals surface area contributed by atoms with E-state index in [1.807, 2.05) is 0 Å². The predicted molar refractivity (Wildman–Crippen MR) is 26.7 cm³/mol. The first kappa shape index (κ1) is 6.94. The van der Waals surface area contributed by atoms with Gasteiger partial charge in [-0.2, -0.15) is 8.42 Å². The quantitative estimate of drug-likeness (QED) is 0.507. The van der Waals surface area contributed by atoms with Crippen LogP contribution in [0.3, 0.4) is 0 Å². The molecular formula is C3H5O5S. The van der Waals surface area contributed by atoms with Gasteiger partial charge in [-0.05, 0) is 0 Å². The second-order valence-electron chi connectivity index (χ2n) is 1.44. The van der Waals surface area contributed by atoms with Crippen LogP contribution in [0.25, 0.3) is 0 Å². The lowest BCUT2D eigenvalue weighted by molar-refractivity contribution is 0.0278. The molecule has 0 aromatic heterocycles. The molecule has 1 aliphatic heterocycles. The van der Waals surface area contributed by atoms with Crippen molar-refractivity contribution in [3.05, 3.63) is 6.61 Å². The number of rotatable bonds is 1. The Morgan fingerprint density at radius 2 is 2.33 bits per heavy atom. The Morgan fingerprint density at radius 1 is 1.67 bits per heavy atom. The number of ether oxygens (including phenoxy) is 2. The predicted octanol–water partition coefficient (Wildman–Crippen LogP) is -0.634. The van der Waals surface area contributed by atoms with Gasteiger partial charge in [-0.25, -0.2) is 0 Å². The summed E-state index contributed by atoms with van der Waals surface area (Å²) in [5.41, 5.74) is -1.52. The van der Waals surface area contributed by atoms with Crippen LogP contribution in [-0.4, -0.2) is 25.2 Å². The van der Waals surface area contributed by atoms with E-state index in [-0.39, 0.29) is 6.61 Å². The van der Waals surface area contributed by atoms with Crippen LogP contribution in [0.15, 0.2) is 0 Å². The highest BCUT2D eigenvalue weighted by molar-refractivity contribution is 7.86. The molecule has 1 saturated heterocycles. The molecule has 9 heavy (non-hydrogen) atoms. The summed E-state index contributed by atoms with van der Waals surface area (Å²) in [5.74, 6) is 0. The summed E-state index contributed by atoms with van der Waals surface area (Å²) in [6.07, 6.45) is 0. The largest absolute Gasteiger partial charge is 0.335 e. The zero-order valence-corrected chi connectivity index (χ0v) is 5.17. The van der Waals surface area contributed by atoms with Crippen molar-refractivity contribution in [1.29, 1.82) is 0 Å². The fourth-order valence-electron chi connectivity index (χ4n) is 0.431. The molecule has 0 aromatic carbocycles. The van der Waals surface area contributed by atoms with Gasteiger partial charge in [0, 0.05) is 0 Å². The van der Waals surface area contributed by atoms with Crippen molar-refractivity contribution in [3.8, 4) is 0 Å². The fourth-order valence-corrected chi connectivity index (χ4v) is 0.901. The Bertz CT molecular complexity index is 176. The maximum absolute atomic E-state index is 10.1. The van der Waals surface area contributed by atoms with Crippen LogP contribution in [0.1, 0.15) is 0 Å². The van der Waals surface area contributed by atoms with Gasteiger partial charge in [0.05, 0.1) is 6.61 Å². The van der Waals surface area contributed by atoms with E-state index in [0.717, 1.165) is 0 Å². The Hall–Kier alpha value is -0.170. The number of hydrogen-bond acceptors (Lipinski definition) is 4. The Balaban J connectivity index is 2.63. The average Bonchev–Trinajstić information content (AvgIpc) is 2.08. The van der Waals surface area contributed by atoms with Crippen molar-refractivity contribution < 1.29 is 22.4 Å². The van der Waals surface area contributed by atoms with Gasteiger partial charge in [0.1, 0.15) is 6.61 Å². The zero-order valence-electron chi connectivity index (χ0n) is 4.35. The standard InChI is InChI=1S/C3H5O5S/c4-9(5,6)3-7-1-2-8-3/h1,3H,2H2,(H,4,5,6). The molecule has 1 fully saturated rings. The van der Waals surface area contributed by atoms with Gasteiger partial charge in [0.25, 0.3) is 5.62 Å². The number of hydrogen-bond donors (Lipinski definition) is 1. The third kappa shape index (κ3) is 1.62. The molecule has 0 aliphatic carbocycles. The van der Waals surface area contributed by atoms with E-state index in [2.05, 4.69) is 9.47 Å². The Kier molecular flexibility index (Phi) is 1.71. The van der Waals surface area contributed by atoms with Crippen LogP contribution in [0.4, 0.5) is 0 Å². The van der Waals surface area contributed by atoms with Crippen molar-refractivity contribution in [1.82, 2.24) is 0 Å². The zero-order chi connectivity index (χ0) is 6.91. The van der Waals surface area contributed by atoms with Crippen molar-refractivity contribution in [2.45, 2.75) is 5.62 Å². The second-order valence-corrected chi connectivity index (χ2v) is 2.85. The summed E-state index contributed by atoms with van der Waals surface area (Å²) >= 11 is 0. The van der Waals surface area contributed by atoms with Gasteiger partial charge >= 0.3 is 10.1 Å². The fraction of sp³-hybridized carbons (Fsp3) is 0.667. The van der Waals surface area contributed by atoms with Gasteiger partial charge in [0.15, 0.2) is 0 Å². The normalized spacial score (nSPS) is 22.8. The molecule has 1 heterocycles. The molecule has 0 amide bonds. The van der Waals surface area contributed by atoms with E-state index in [9.17, 15) is 8.42 Å². The lowest BCUT2D eigenvalue weighted by atomic mass is 10.8. The summed E-state index contributed by atoms with van der Waals surface area (Å²) < 4.78 is 37.2. The van der Waals surface area contributed by atoms with E-state index in [4.69, 9.17) is 4.55 Å². The minimum absolute atomic E-state index is 0.0878. The van der Waals surface area contributed by atoms with Crippen molar-refractivity contribution in [3.63, 3.8) is 0 Å². The molecular weight excluding hydrogens is 148 g/mol. The molecule has 0 aromatic rings. The smallest absolute Gasteiger partial charge is 0.318 e. The van der Waals surface area contributed by atoms with E-state index in [0.29, 0.717) is 0 Å². The van der Waals surface area contributed by atoms with Crippen LogP contribution in [0.2, 0.25) is 0 Å². The average molecular weight is 153 g/mol. The maximum Gasteiger partial charge on any atom is 0.318 e. The molecule has 0 bridgehead atoms. The van der Waals surface area contributed by atoms with Gasteiger partial charge in [0.2, 0.25) is 0 Å². The summed E-state index contributed by atoms with van der Waals surface area (Å²) in [6.45, 7) is 1.25. The molecule has 5 nitrogen and oxygen atoms in total. The van der Waals surface area contributed by atoms with Crippen molar-refractivity contribution in [2.75, 3.05) is 6.61 Å². The Labute approximate surface area is 52.3 Å². The monoisotopic (exact) mass is 153 g/mol. The molecule has 0 saturated carbocycles. The highest BCUT2D eigenvalue weighted by Crippen LogP contribution is 2.11. The topological polar surface area (TPSA) is 72.8 Å². The first-order chi connectivity index (χ1) is 4.11. The molecule has 1 N–H and O–H groups in total. The van der Waals surface area contributed by atoms with Crippen LogP contribution >= 0.6 is 0 Å². The first-order valence-electron chi connectivity index (χ1n) is 2.16. The summed E-state index contributed by atoms with van der Waals surface area (Å²) in [4.78, 5) is 0. The molecule has 6 heteroatoms. The highest BCUT2D eigenvalue weighted by atomic mass is 32.2. The first-order valence-corrected chi connectivity index (χ1v) is 3.66. The molecule has 1 atom stereocenters. The van der Waals surface area contributed by atoms with Crippen LogP contribution in [0, 0.1) is 6.61 Å². The molecule has 1 aliphatic rings.